The first-order chi connectivity index (χ1) is 12.4. The summed E-state index contributed by atoms with van der Waals surface area (Å²) in [6.07, 6.45) is 0.161. The number of methoxy groups -OCH3 is 1. The molecule has 0 saturated carbocycles. The SMILES string of the molecule is COc1ccc(CN(CCC(=O)Nc2ccc(Cl)cc2Cl)C(C)=O)cc1. The van der Waals surface area contributed by atoms with Crippen molar-refractivity contribution in [2.24, 2.45) is 0 Å². The lowest BCUT2D eigenvalue weighted by Crippen LogP contribution is -2.31. The van der Waals surface area contributed by atoms with Crippen molar-refractivity contribution in [2.75, 3.05) is 19.0 Å². The van der Waals surface area contributed by atoms with Crippen LogP contribution in [0.4, 0.5) is 5.69 Å². The third-order valence-corrected chi connectivity index (χ3v) is 4.34. The summed E-state index contributed by atoms with van der Waals surface area (Å²) in [5, 5.41) is 3.59. The van der Waals surface area contributed by atoms with Crippen LogP contribution in [0.1, 0.15) is 18.9 Å². The van der Waals surface area contributed by atoms with Crippen LogP contribution in [0.3, 0.4) is 0 Å². The van der Waals surface area contributed by atoms with E-state index in [-0.39, 0.29) is 18.2 Å². The summed E-state index contributed by atoms with van der Waals surface area (Å²) in [6, 6.07) is 12.3. The molecule has 0 heterocycles. The maximum absolute atomic E-state index is 12.2. The predicted octanol–water partition coefficient (Wildman–Crippen LogP) is 4.38. The zero-order valence-electron chi connectivity index (χ0n) is 14.6. The Kier molecular flexibility index (Phi) is 7.30. The number of amides is 2. The third kappa shape index (κ3) is 5.93. The highest BCUT2D eigenvalue weighted by Gasteiger charge is 2.13. The molecule has 0 spiro atoms. The molecule has 0 bridgehead atoms. The lowest BCUT2D eigenvalue weighted by Gasteiger charge is -2.21. The summed E-state index contributed by atoms with van der Waals surface area (Å²) in [6.45, 7) is 2.21. The number of nitrogens with zero attached hydrogens (tertiary/aromatic N) is 1. The molecule has 0 aromatic heterocycles. The molecule has 0 radical (unpaired) electrons. The Labute approximate surface area is 162 Å². The zero-order chi connectivity index (χ0) is 19.1. The number of ether oxygens (including phenoxy) is 1. The van der Waals surface area contributed by atoms with E-state index in [9.17, 15) is 9.59 Å². The molecule has 7 heteroatoms. The predicted molar refractivity (Wildman–Crippen MR) is 104 cm³/mol. The van der Waals surface area contributed by atoms with E-state index in [2.05, 4.69) is 5.32 Å². The smallest absolute Gasteiger partial charge is 0.226 e. The monoisotopic (exact) mass is 394 g/mol. The summed E-state index contributed by atoms with van der Waals surface area (Å²) in [4.78, 5) is 25.6. The summed E-state index contributed by atoms with van der Waals surface area (Å²) in [5.74, 6) is 0.427. The van der Waals surface area contributed by atoms with E-state index in [1.54, 1.807) is 30.2 Å². The van der Waals surface area contributed by atoms with Gasteiger partial charge in [0.1, 0.15) is 5.75 Å². The minimum atomic E-state index is -0.227. The van der Waals surface area contributed by atoms with Crippen LogP contribution < -0.4 is 10.1 Å². The van der Waals surface area contributed by atoms with E-state index in [4.69, 9.17) is 27.9 Å². The fourth-order valence-corrected chi connectivity index (χ4v) is 2.79. The van der Waals surface area contributed by atoms with Crippen molar-refractivity contribution in [1.29, 1.82) is 0 Å². The van der Waals surface area contributed by atoms with Crippen molar-refractivity contribution in [1.82, 2.24) is 4.90 Å². The Balaban J connectivity index is 1.92. The van der Waals surface area contributed by atoms with Gasteiger partial charge in [-0.3, -0.25) is 9.59 Å². The van der Waals surface area contributed by atoms with Crippen LogP contribution >= 0.6 is 23.2 Å². The second-order valence-electron chi connectivity index (χ2n) is 5.71. The number of carbonyl (C=O) groups is 2. The van der Waals surface area contributed by atoms with Gasteiger partial charge in [0.25, 0.3) is 0 Å². The van der Waals surface area contributed by atoms with Crippen LogP contribution in [0.25, 0.3) is 0 Å². The Morgan fingerprint density at radius 3 is 2.38 bits per heavy atom. The van der Waals surface area contributed by atoms with Gasteiger partial charge in [0.2, 0.25) is 11.8 Å². The van der Waals surface area contributed by atoms with Gasteiger partial charge in [-0.25, -0.2) is 0 Å². The first-order valence-corrected chi connectivity index (χ1v) is 8.78. The van der Waals surface area contributed by atoms with Gasteiger partial charge in [-0.05, 0) is 35.9 Å². The highest BCUT2D eigenvalue weighted by atomic mass is 35.5. The van der Waals surface area contributed by atoms with Gasteiger partial charge < -0.3 is 15.0 Å². The van der Waals surface area contributed by atoms with E-state index in [0.29, 0.717) is 28.8 Å². The molecule has 2 aromatic carbocycles. The van der Waals surface area contributed by atoms with Crippen LogP contribution in [-0.2, 0) is 16.1 Å². The van der Waals surface area contributed by atoms with Crippen molar-refractivity contribution in [3.05, 3.63) is 58.1 Å². The quantitative estimate of drug-likeness (QED) is 0.757. The number of halogens is 2. The molecule has 0 atom stereocenters. The van der Waals surface area contributed by atoms with Crippen molar-refractivity contribution in [3.63, 3.8) is 0 Å². The van der Waals surface area contributed by atoms with Crippen LogP contribution in [0.2, 0.25) is 10.0 Å². The Hall–Kier alpha value is -2.24. The Morgan fingerprint density at radius 2 is 1.81 bits per heavy atom. The second kappa shape index (κ2) is 9.46. The van der Waals surface area contributed by atoms with Gasteiger partial charge in [0.05, 0.1) is 17.8 Å². The molecule has 5 nitrogen and oxygen atoms in total. The zero-order valence-corrected chi connectivity index (χ0v) is 16.1. The number of benzene rings is 2. The average molecular weight is 395 g/mol. The lowest BCUT2D eigenvalue weighted by atomic mass is 10.2. The molecule has 0 saturated heterocycles. The van der Waals surface area contributed by atoms with Crippen LogP contribution in [0.5, 0.6) is 5.75 Å². The molecule has 26 heavy (non-hydrogen) atoms. The molecular formula is C19H20Cl2N2O3. The largest absolute Gasteiger partial charge is 0.497 e. The highest BCUT2D eigenvalue weighted by molar-refractivity contribution is 6.36. The maximum Gasteiger partial charge on any atom is 0.226 e. The van der Waals surface area contributed by atoms with Gasteiger partial charge in [0.15, 0.2) is 0 Å². The molecule has 0 unspecified atom stereocenters. The molecule has 2 rings (SSSR count). The van der Waals surface area contributed by atoms with E-state index in [1.807, 2.05) is 24.3 Å². The summed E-state index contributed by atoms with van der Waals surface area (Å²) < 4.78 is 5.12. The number of hydrogen-bond acceptors (Lipinski definition) is 3. The fourth-order valence-electron chi connectivity index (χ4n) is 2.34. The van der Waals surface area contributed by atoms with E-state index < -0.39 is 0 Å². The molecule has 138 valence electrons. The first-order valence-electron chi connectivity index (χ1n) is 8.02. The van der Waals surface area contributed by atoms with Crippen molar-refractivity contribution < 1.29 is 14.3 Å². The number of hydrogen-bond donors (Lipinski definition) is 1. The molecule has 2 amide bonds. The Morgan fingerprint density at radius 1 is 1.12 bits per heavy atom. The van der Waals surface area contributed by atoms with Crippen LogP contribution in [0, 0.1) is 0 Å². The number of carbonyl (C=O) groups excluding carboxylic acids is 2. The van der Waals surface area contributed by atoms with Crippen molar-refractivity contribution in [3.8, 4) is 5.75 Å². The van der Waals surface area contributed by atoms with Crippen LogP contribution in [-0.4, -0.2) is 30.4 Å². The first kappa shape index (κ1) is 20.1. The summed E-state index contributed by atoms with van der Waals surface area (Å²) in [7, 11) is 1.60. The summed E-state index contributed by atoms with van der Waals surface area (Å²) in [5.41, 5.74) is 1.45. The minimum absolute atomic E-state index is 0.0989. The lowest BCUT2D eigenvalue weighted by molar-refractivity contribution is -0.129. The van der Waals surface area contributed by atoms with Gasteiger partial charge >= 0.3 is 0 Å². The Bertz CT molecular complexity index is 779. The number of rotatable bonds is 7. The highest BCUT2D eigenvalue weighted by Crippen LogP contribution is 2.25. The second-order valence-corrected chi connectivity index (χ2v) is 6.55. The minimum Gasteiger partial charge on any atom is -0.497 e. The normalized spacial score (nSPS) is 10.3. The summed E-state index contributed by atoms with van der Waals surface area (Å²) >= 11 is 11.9. The number of anilines is 1. The fraction of sp³-hybridized carbons (Fsp3) is 0.263. The molecular weight excluding hydrogens is 375 g/mol. The molecule has 0 aliphatic carbocycles. The van der Waals surface area contributed by atoms with Gasteiger partial charge in [-0.1, -0.05) is 35.3 Å². The average Bonchev–Trinajstić information content (AvgIpc) is 2.61. The van der Waals surface area contributed by atoms with Gasteiger partial charge in [-0.15, -0.1) is 0 Å². The van der Waals surface area contributed by atoms with E-state index in [1.165, 1.54) is 6.92 Å². The van der Waals surface area contributed by atoms with Crippen molar-refractivity contribution in [2.45, 2.75) is 19.9 Å². The molecule has 0 aliphatic rings. The molecule has 0 aliphatic heterocycles. The topological polar surface area (TPSA) is 58.6 Å². The van der Waals surface area contributed by atoms with Crippen molar-refractivity contribution >= 4 is 40.7 Å². The third-order valence-electron chi connectivity index (χ3n) is 3.79. The molecule has 2 aromatic rings. The van der Waals surface area contributed by atoms with Gasteiger partial charge in [-0.2, -0.15) is 0 Å². The van der Waals surface area contributed by atoms with Crippen LogP contribution in [0.15, 0.2) is 42.5 Å². The van der Waals surface area contributed by atoms with E-state index in [0.717, 1.165) is 11.3 Å². The van der Waals surface area contributed by atoms with E-state index >= 15 is 0 Å². The maximum atomic E-state index is 12.2. The molecule has 0 fully saturated rings. The van der Waals surface area contributed by atoms with Gasteiger partial charge in [0, 0.05) is 31.5 Å². The standard InChI is InChI=1S/C19H20Cl2N2O3/c1-13(24)23(12-14-3-6-16(26-2)7-4-14)10-9-19(25)22-18-8-5-15(20)11-17(18)21/h3-8,11H,9-10,12H2,1-2H3,(H,22,25). The molecule has 1 N–H and O–H groups in total. The number of nitrogens with one attached hydrogen (secondary N) is 1.